The molecule has 8 heteroatoms. The Morgan fingerprint density at radius 2 is 1.93 bits per heavy atom. The fourth-order valence-electron chi connectivity index (χ4n) is 2.68. The number of hydrogen-bond acceptors (Lipinski definition) is 6. The molecule has 2 heterocycles. The van der Waals surface area contributed by atoms with Crippen LogP contribution in [0.15, 0.2) is 57.2 Å². The van der Waals surface area contributed by atoms with Crippen molar-refractivity contribution in [2.75, 3.05) is 6.54 Å². The summed E-state index contributed by atoms with van der Waals surface area (Å²) in [6.07, 6.45) is 2.67. The van der Waals surface area contributed by atoms with E-state index >= 15 is 0 Å². The van der Waals surface area contributed by atoms with Crippen LogP contribution in [0.5, 0.6) is 0 Å². The summed E-state index contributed by atoms with van der Waals surface area (Å²) in [5.41, 5.74) is 1.04. The van der Waals surface area contributed by atoms with E-state index in [9.17, 15) is 13.2 Å². The number of benzene rings is 1. The highest BCUT2D eigenvalue weighted by molar-refractivity contribution is 7.90. The van der Waals surface area contributed by atoms with Crippen LogP contribution in [-0.4, -0.2) is 25.9 Å². The van der Waals surface area contributed by atoms with Gasteiger partial charge in [-0.25, -0.2) is 13.4 Å². The molecular formula is C20H22N2O4S2. The number of carbonyl (C=O) groups excluding carboxylic acids is 1. The largest absolute Gasteiger partial charge is 0.455 e. The first-order chi connectivity index (χ1) is 13.4. The zero-order valence-corrected chi connectivity index (χ0v) is 17.2. The average Bonchev–Trinajstić information content (AvgIpc) is 3.30. The van der Waals surface area contributed by atoms with Gasteiger partial charge < -0.3 is 9.73 Å². The van der Waals surface area contributed by atoms with Crippen molar-refractivity contribution < 1.29 is 17.6 Å². The highest BCUT2D eigenvalue weighted by Crippen LogP contribution is 2.18. The Balaban J connectivity index is 1.46. The molecule has 0 fully saturated rings. The molecule has 0 aliphatic rings. The van der Waals surface area contributed by atoms with E-state index < -0.39 is 9.84 Å². The Kier molecular flexibility index (Phi) is 6.64. The molecule has 0 saturated carbocycles. The van der Waals surface area contributed by atoms with Crippen molar-refractivity contribution in [3.63, 3.8) is 0 Å². The average molecular weight is 419 g/mol. The molecule has 0 saturated heterocycles. The minimum atomic E-state index is -3.51. The van der Waals surface area contributed by atoms with Crippen molar-refractivity contribution in [2.24, 2.45) is 0 Å². The lowest BCUT2D eigenvalue weighted by Gasteiger charge is -2.03. The second-order valence-corrected chi connectivity index (χ2v) is 9.37. The first kappa shape index (κ1) is 20.3. The van der Waals surface area contributed by atoms with Crippen LogP contribution in [0.2, 0.25) is 0 Å². The predicted molar refractivity (Wildman–Crippen MR) is 108 cm³/mol. The molecule has 0 aliphatic carbocycles. The normalized spacial score (nSPS) is 11.5. The van der Waals surface area contributed by atoms with Crippen LogP contribution >= 0.6 is 11.3 Å². The van der Waals surface area contributed by atoms with Crippen molar-refractivity contribution in [2.45, 2.75) is 36.8 Å². The van der Waals surface area contributed by atoms with Crippen LogP contribution in [0.4, 0.5) is 0 Å². The molecule has 2 aromatic heterocycles. The van der Waals surface area contributed by atoms with Crippen LogP contribution in [0.25, 0.3) is 0 Å². The number of amides is 1. The number of nitrogens with zero attached hydrogens (tertiary/aromatic N) is 1. The minimum absolute atomic E-state index is 0.119. The van der Waals surface area contributed by atoms with Crippen molar-refractivity contribution >= 4 is 27.1 Å². The summed E-state index contributed by atoms with van der Waals surface area (Å²) in [4.78, 5) is 16.8. The van der Waals surface area contributed by atoms with Gasteiger partial charge >= 0.3 is 0 Å². The van der Waals surface area contributed by atoms with E-state index in [4.69, 9.17) is 4.42 Å². The van der Waals surface area contributed by atoms with E-state index in [1.165, 1.54) is 12.1 Å². The van der Waals surface area contributed by atoms with E-state index in [1.807, 2.05) is 12.3 Å². The zero-order chi connectivity index (χ0) is 20.0. The van der Waals surface area contributed by atoms with Gasteiger partial charge in [-0.1, -0.05) is 18.2 Å². The molecule has 6 nitrogen and oxygen atoms in total. The van der Waals surface area contributed by atoms with E-state index in [1.54, 1.807) is 41.7 Å². The lowest BCUT2D eigenvalue weighted by Crippen LogP contribution is -2.24. The van der Waals surface area contributed by atoms with Crippen LogP contribution in [0, 0.1) is 6.92 Å². The van der Waals surface area contributed by atoms with Gasteiger partial charge in [-0.2, -0.15) is 0 Å². The van der Waals surface area contributed by atoms with Gasteiger partial charge in [0.1, 0.15) is 11.5 Å². The third-order valence-electron chi connectivity index (χ3n) is 4.09. The van der Waals surface area contributed by atoms with Gasteiger partial charge in [-0.3, -0.25) is 4.79 Å². The predicted octanol–water partition coefficient (Wildman–Crippen LogP) is 3.77. The number of unbranched alkanes of at least 4 members (excludes halogenated alkanes) is 1. The molecule has 148 valence electrons. The molecule has 1 amide bonds. The summed E-state index contributed by atoms with van der Waals surface area (Å²) in [5.74, 6) is -0.257. The fraction of sp³-hybridized carbons (Fsp3) is 0.300. The van der Waals surface area contributed by atoms with Crippen LogP contribution in [0.1, 0.15) is 39.9 Å². The van der Waals surface area contributed by atoms with Gasteiger partial charge in [-0.05, 0) is 50.5 Å². The first-order valence-corrected chi connectivity index (χ1v) is 11.5. The summed E-state index contributed by atoms with van der Waals surface area (Å²) in [5, 5.41) is 5.94. The molecule has 1 aromatic carbocycles. The Morgan fingerprint density at radius 1 is 1.14 bits per heavy atom. The summed E-state index contributed by atoms with van der Waals surface area (Å²) >= 11 is 1.65. The van der Waals surface area contributed by atoms with Crippen molar-refractivity contribution in [1.82, 2.24) is 10.3 Å². The van der Waals surface area contributed by atoms with Gasteiger partial charge in [0.2, 0.25) is 0 Å². The smallest absolute Gasteiger partial charge is 0.286 e. The Bertz CT molecular complexity index is 1020. The van der Waals surface area contributed by atoms with E-state index in [-0.39, 0.29) is 28.1 Å². The van der Waals surface area contributed by atoms with Crippen LogP contribution < -0.4 is 5.32 Å². The summed E-state index contributed by atoms with van der Waals surface area (Å²) in [6, 6.07) is 11.2. The molecule has 0 spiro atoms. The molecular weight excluding hydrogens is 396 g/mol. The number of carbonyl (C=O) groups is 1. The second-order valence-electron chi connectivity index (χ2n) is 6.43. The topological polar surface area (TPSA) is 89.3 Å². The molecule has 3 aromatic rings. The Morgan fingerprint density at radius 3 is 2.64 bits per heavy atom. The number of aryl methyl sites for hydroxylation is 2. The molecule has 1 N–H and O–H groups in total. The molecule has 0 unspecified atom stereocenters. The first-order valence-electron chi connectivity index (χ1n) is 9.00. The number of sulfone groups is 1. The minimum Gasteiger partial charge on any atom is -0.455 e. The number of nitrogens with one attached hydrogen (secondary N) is 1. The van der Waals surface area contributed by atoms with E-state index in [0.29, 0.717) is 6.54 Å². The van der Waals surface area contributed by atoms with Crippen LogP contribution in [0.3, 0.4) is 0 Å². The molecule has 3 rings (SSSR count). The summed E-state index contributed by atoms with van der Waals surface area (Å²) in [7, 11) is -3.51. The SMILES string of the molecule is Cc1csc(CCCCNC(=O)c2ccc(CS(=O)(=O)c3ccccc3)o2)n1. The highest BCUT2D eigenvalue weighted by atomic mass is 32.2. The van der Waals surface area contributed by atoms with Crippen LogP contribution in [-0.2, 0) is 22.0 Å². The molecule has 28 heavy (non-hydrogen) atoms. The highest BCUT2D eigenvalue weighted by Gasteiger charge is 2.19. The van der Waals surface area contributed by atoms with Gasteiger partial charge in [-0.15, -0.1) is 11.3 Å². The van der Waals surface area contributed by atoms with E-state index in [0.717, 1.165) is 30.0 Å². The summed E-state index contributed by atoms with van der Waals surface area (Å²) < 4.78 is 30.2. The third kappa shape index (κ3) is 5.53. The standard InChI is InChI=1S/C20H22N2O4S2/c1-15-13-27-19(22-15)9-5-6-12-21-20(23)18-11-10-16(26-18)14-28(24,25)17-7-3-2-4-8-17/h2-4,7-8,10-11,13H,5-6,9,12,14H2,1H3,(H,21,23). The van der Waals surface area contributed by atoms with Crippen molar-refractivity contribution in [3.8, 4) is 0 Å². The van der Waals surface area contributed by atoms with Gasteiger partial charge in [0.15, 0.2) is 15.6 Å². The van der Waals surface area contributed by atoms with Crippen molar-refractivity contribution in [1.29, 1.82) is 0 Å². The molecule has 0 aliphatic heterocycles. The Hall–Kier alpha value is -2.45. The second kappa shape index (κ2) is 9.16. The number of furan rings is 1. The Labute approximate surface area is 168 Å². The maximum atomic E-state index is 12.4. The fourth-order valence-corrected chi connectivity index (χ4v) is 4.77. The number of hydrogen-bond donors (Lipinski definition) is 1. The monoisotopic (exact) mass is 418 g/mol. The van der Waals surface area contributed by atoms with E-state index in [2.05, 4.69) is 10.3 Å². The zero-order valence-electron chi connectivity index (χ0n) is 15.6. The van der Waals surface area contributed by atoms with Gasteiger partial charge in [0, 0.05) is 17.6 Å². The molecule has 0 bridgehead atoms. The summed E-state index contributed by atoms with van der Waals surface area (Å²) in [6.45, 7) is 2.50. The van der Waals surface area contributed by atoms with Gasteiger partial charge in [0.05, 0.1) is 9.90 Å². The number of aromatic nitrogens is 1. The lowest BCUT2D eigenvalue weighted by atomic mass is 10.2. The van der Waals surface area contributed by atoms with Gasteiger partial charge in [0.25, 0.3) is 5.91 Å². The molecule has 0 atom stereocenters. The van der Waals surface area contributed by atoms with Crippen molar-refractivity contribution in [3.05, 3.63) is 70.1 Å². The number of rotatable bonds is 9. The molecule has 0 radical (unpaired) electrons. The third-order valence-corrected chi connectivity index (χ3v) is 6.77. The lowest BCUT2D eigenvalue weighted by molar-refractivity contribution is 0.0924. The number of thiazole rings is 1. The quantitative estimate of drug-likeness (QED) is 0.534. The maximum absolute atomic E-state index is 12.4. The maximum Gasteiger partial charge on any atom is 0.286 e.